The summed E-state index contributed by atoms with van der Waals surface area (Å²) in [5.41, 5.74) is 1.46. The van der Waals surface area contributed by atoms with Crippen LogP contribution in [0.4, 0.5) is 17.3 Å². The standard InChI is InChI=1S/C20H20N4O4/c1-26-16-7-5-4-6-14(16)23-19(25)15-10-11-21-20(24-15)22-13-8-9-17(27-2)18(12-13)28-3/h4-12H,1-3H3,(H,23,25)(H,21,22,24). The smallest absolute Gasteiger partial charge is 0.274 e. The molecule has 0 saturated carbocycles. The average molecular weight is 380 g/mol. The highest BCUT2D eigenvalue weighted by atomic mass is 16.5. The first kappa shape index (κ1) is 19.0. The number of rotatable bonds is 7. The number of hydrogen-bond acceptors (Lipinski definition) is 7. The third kappa shape index (κ3) is 4.29. The number of nitrogens with one attached hydrogen (secondary N) is 2. The van der Waals surface area contributed by atoms with Crippen LogP contribution in [0.2, 0.25) is 0 Å². The van der Waals surface area contributed by atoms with Gasteiger partial charge in [0, 0.05) is 18.0 Å². The first-order chi connectivity index (χ1) is 13.6. The van der Waals surface area contributed by atoms with E-state index in [4.69, 9.17) is 14.2 Å². The molecule has 2 aromatic carbocycles. The van der Waals surface area contributed by atoms with Crippen molar-refractivity contribution in [3.05, 3.63) is 60.4 Å². The van der Waals surface area contributed by atoms with Crippen LogP contribution in [0.25, 0.3) is 0 Å². The SMILES string of the molecule is COc1ccccc1NC(=O)c1ccnc(Nc2ccc(OC)c(OC)c2)n1. The number of hydrogen-bond donors (Lipinski definition) is 2. The van der Waals surface area contributed by atoms with Crippen molar-refractivity contribution in [2.24, 2.45) is 0 Å². The summed E-state index contributed by atoms with van der Waals surface area (Å²) in [4.78, 5) is 21.0. The molecule has 1 heterocycles. The van der Waals surface area contributed by atoms with Gasteiger partial charge < -0.3 is 24.8 Å². The molecule has 0 aliphatic heterocycles. The third-order valence-corrected chi connectivity index (χ3v) is 3.88. The molecule has 1 amide bonds. The van der Waals surface area contributed by atoms with E-state index in [0.717, 1.165) is 0 Å². The zero-order valence-electron chi connectivity index (χ0n) is 15.7. The Kier molecular flexibility index (Phi) is 5.91. The number of carbonyl (C=O) groups excluding carboxylic acids is 1. The van der Waals surface area contributed by atoms with Gasteiger partial charge in [0.05, 0.1) is 27.0 Å². The van der Waals surface area contributed by atoms with Crippen LogP contribution in [0.1, 0.15) is 10.5 Å². The van der Waals surface area contributed by atoms with E-state index >= 15 is 0 Å². The highest BCUT2D eigenvalue weighted by Crippen LogP contribution is 2.30. The van der Waals surface area contributed by atoms with E-state index in [-0.39, 0.29) is 17.5 Å². The Morgan fingerprint density at radius 2 is 1.64 bits per heavy atom. The molecule has 8 heteroatoms. The number of benzene rings is 2. The van der Waals surface area contributed by atoms with Gasteiger partial charge in [0.1, 0.15) is 11.4 Å². The fraction of sp³-hybridized carbons (Fsp3) is 0.150. The molecule has 0 unspecified atom stereocenters. The van der Waals surface area contributed by atoms with E-state index < -0.39 is 0 Å². The zero-order valence-corrected chi connectivity index (χ0v) is 15.7. The number of nitrogens with zero attached hydrogens (tertiary/aromatic N) is 2. The van der Waals surface area contributed by atoms with Gasteiger partial charge in [0.25, 0.3) is 5.91 Å². The Morgan fingerprint density at radius 3 is 2.39 bits per heavy atom. The molecule has 0 saturated heterocycles. The van der Waals surface area contributed by atoms with Crippen LogP contribution < -0.4 is 24.8 Å². The maximum Gasteiger partial charge on any atom is 0.274 e. The van der Waals surface area contributed by atoms with E-state index in [1.807, 2.05) is 12.1 Å². The third-order valence-electron chi connectivity index (χ3n) is 3.88. The molecular formula is C20H20N4O4. The lowest BCUT2D eigenvalue weighted by molar-refractivity contribution is 0.102. The Bertz CT molecular complexity index is 978. The summed E-state index contributed by atoms with van der Waals surface area (Å²) >= 11 is 0. The van der Waals surface area contributed by atoms with Gasteiger partial charge in [-0.2, -0.15) is 0 Å². The number of anilines is 3. The first-order valence-electron chi connectivity index (χ1n) is 8.41. The molecule has 1 aromatic heterocycles. The molecule has 8 nitrogen and oxygen atoms in total. The van der Waals surface area contributed by atoms with Crippen molar-refractivity contribution in [1.29, 1.82) is 0 Å². The largest absolute Gasteiger partial charge is 0.495 e. The second-order valence-corrected chi connectivity index (χ2v) is 5.61. The second kappa shape index (κ2) is 8.72. The number of carbonyl (C=O) groups is 1. The number of para-hydroxylation sites is 2. The summed E-state index contributed by atoms with van der Waals surface area (Å²) in [6.07, 6.45) is 1.51. The van der Waals surface area contributed by atoms with Crippen LogP contribution in [-0.2, 0) is 0 Å². The van der Waals surface area contributed by atoms with Crippen LogP contribution in [0.15, 0.2) is 54.7 Å². The van der Waals surface area contributed by atoms with E-state index in [0.29, 0.717) is 28.6 Å². The van der Waals surface area contributed by atoms with Gasteiger partial charge in [0.15, 0.2) is 11.5 Å². The van der Waals surface area contributed by atoms with Gasteiger partial charge in [-0.15, -0.1) is 0 Å². The molecular weight excluding hydrogens is 360 g/mol. The van der Waals surface area contributed by atoms with Crippen molar-refractivity contribution in [3.63, 3.8) is 0 Å². The van der Waals surface area contributed by atoms with E-state index in [1.165, 1.54) is 12.3 Å². The molecule has 0 aliphatic carbocycles. The Morgan fingerprint density at radius 1 is 0.893 bits per heavy atom. The maximum absolute atomic E-state index is 12.5. The molecule has 3 aromatic rings. The Labute approximate surface area is 162 Å². The van der Waals surface area contributed by atoms with Crippen LogP contribution in [-0.4, -0.2) is 37.2 Å². The molecule has 0 bridgehead atoms. The summed E-state index contributed by atoms with van der Waals surface area (Å²) in [6.45, 7) is 0. The lowest BCUT2D eigenvalue weighted by atomic mass is 10.2. The molecule has 0 spiro atoms. The molecule has 0 fully saturated rings. The summed E-state index contributed by atoms with van der Waals surface area (Å²) in [5.74, 6) is 1.65. The minimum absolute atomic E-state index is 0.212. The molecule has 28 heavy (non-hydrogen) atoms. The minimum atomic E-state index is -0.373. The monoisotopic (exact) mass is 380 g/mol. The minimum Gasteiger partial charge on any atom is -0.495 e. The summed E-state index contributed by atoms with van der Waals surface area (Å²) in [5, 5.41) is 5.83. The molecule has 0 radical (unpaired) electrons. The topological polar surface area (TPSA) is 94.6 Å². The summed E-state index contributed by atoms with van der Waals surface area (Å²) in [7, 11) is 4.67. The number of amides is 1. The van der Waals surface area contributed by atoms with E-state index in [2.05, 4.69) is 20.6 Å². The van der Waals surface area contributed by atoms with Crippen molar-refractivity contribution >= 4 is 23.2 Å². The van der Waals surface area contributed by atoms with Crippen LogP contribution in [0.5, 0.6) is 17.2 Å². The maximum atomic E-state index is 12.5. The van der Waals surface area contributed by atoms with Crippen molar-refractivity contribution in [2.75, 3.05) is 32.0 Å². The number of methoxy groups -OCH3 is 3. The zero-order chi connectivity index (χ0) is 19.9. The van der Waals surface area contributed by atoms with Gasteiger partial charge >= 0.3 is 0 Å². The highest BCUT2D eigenvalue weighted by Gasteiger charge is 2.12. The quantitative estimate of drug-likeness (QED) is 0.648. The van der Waals surface area contributed by atoms with Crippen LogP contribution in [0.3, 0.4) is 0 Å². The summed E-state index contributed by atoms with van der Waals surface area (Å²) in [6, 6.07) is 14.0. The lowest BCUT2D eigenvalue weighted by Gasteiger charge is -2.11. The Balaban J connectivity index is 1.77. The summed E-state index contributed by atoms with van der Waals surface area (Å²) < 4.78 is 15.7. The predicted octanol–water partition coefficient (Wildman–Crippen LogP) is 3.50. The number of ether oxygens (including phenoxy) is 3. The number of aromatic nitrogens is 2. The second-order valence-electron chi connectivity index (χ2n) is 5.61. The fourth-order valence-corrected chi connectivity index (χ4v) is 2.52. The van der Waals surface area contributed by atoms with Gasteiger partial charge in [-0.05, 0) is 30.3 Å². The van der Waals surface area contributed by atoms with Gasteiger partial charge in [-0.3, -0.25) is 4.79 Å². The fourth-order valence-electron chi connectivity index (χ4n) is 2.52. The molecule has 2 N–H and O–H groups in total. The van der Waals surface area contributed by atoms with Crippen LogP contribution >= 0.6 is 0 Å². The molecule has 0 atom stereocenters. The Hall–Kier alpha value is -3.81. The van der Waals surface area contributed by atoms with Crippen molar-refractivity contribution in [3.8, 4) is 17.2 Å². The lowest BCUT2D eigenvalue weighted by Crippen LogP contribution is -2.15. The normalized spacial score (nSPS) is 10.1. The molecule has 0 aliphatic rings. The highest BCUT2D eigenvalue weighted by molar-refractivity contribution is 6.03. The first-order valence-corrected chi connectivity index (χ1v) is 8.41. The van der Waals surface area contributed by atoms with Crippen LogP contribution in [0, 0.1) is 0 Å². The van der Waals surface area contributed by atoms with Gasteiger partial charge in [0.2, 0.25) is 5.95 Å². The van der Waals surface area contributed by atoms with E-state index in [9.17, 15) is 4.79 Å². The van der Waals surface area contributed by atoms with Gasteiger partial charge in [-0.25, -0.2) is 9.97 Å². The predicted molar refractivity (Wildman–Crippen MR) is 106 cm³/mol. The van der Waals surface area contributed by atoms with Crippen molar-refractivity contribution in [2.45, 2.75) is 0 Å². The van der Waals surface area contributed by atoms with Crippen molar-refractivity contribution < 1.29 is 19.0 Å². The van der Waals surface area contributed by atoms with Crippen molar-refractivity contribution in [1.82, 2.24) is 9.97 Å². The van der Waals surface area contributed by atoms with Gasteiger partial charge in [-0.1, -0.05) is 12.1 Å². The molecule has 144 valence electrons. The van der Waals surface area contributed by atoms with E-state index in [1.54, 1.807) is 51.7 Å². The average Bonchev–Trinajstić information content (AvgIpc) is 2.74. The molecule has 3 rings (SSSR count).